The number of hydrogen-bond donors (Lipinski definition) is 3. The molecule has 2 unspecified atom stereocenters. The molecule has 1 aromatic carbocycles. The Hall–Kier alpha value is -2.26. The van der Waals surface area contributed by atoms with Crippen molar-refractivity contribution in [1.82, 2.24) is 19.6 Å². The minimum absolute atomic E-state index is 0.120. The fraction of sp³-hybridized carbons (Fsp3) is 0.435. The van der Waals surface area contributed by atoms with Gasteiger partial charge in [0.2, 0.25) is 0 Å². The highest BCUT2D eigenvalue weighted by atomic mass is 32.2. The fourth-order valence-corrected chi connectivity index (χ4v) is 5.18. The Morgan fingerprint density at radius 3 is 2.97 bits per heavy atom. The van der Waals surface area contributed by atoms with Crippen molar-refractivity contribution in [1.29, 1.82) is 0 Å². The van der Waals surface area contributed by atoms with Crippen molar-refractivity contribution in [2.45, 2.75) is 38.1 Å². The molecule has 7 nitrogen and oxygen atoms in total. The van der Waals surface area contributed by atoms with Crippen LogP contribution in [0.3, 0.4) is 0 Å². The first-order valence-electron chi connectivity index (χ1n) is 12.1. The highest BCUT2D eigenvalue weighted by molar-refractivity contribution is 7.77. The quantitative estimate of drug-likeness (QED) is 0.511. The van der Waals surface area contributed by atoms with Crippen molar-refractivity contribution < 1.29 is 12.9 Å². The summed E-state index contributed by atoms with van der Waals surface area (Å²) in [6, 6.07) is 7.97. The molecule has 1 spiro atoms. The molecule has 1 saturated carbocycles. The monoisotopic (exact) mass is 442 g/mol. The van der Waals surface area contributed by atoms with Gasteiger partial charge < -0.3 is 19.4 Å². The maximum atomic E-state index is 12.9. The summed E-state index contributed by atoms with van der Waals surface area (Å²) in [5.41, 5.74) is 3.58. The van der Waals surface area contributed by atoms with E-state index in [9.17, 15) is 13.6 Å². The zero-order valence-electron chi connectivity index (χ0n) is 20.1. The molecule has 3 N–H and O–H groups in total. The van der Waals surface area contributed by atoms with E-state index in [0.29, 0.717) is 22.8 Å². The van der Waals surface area contributed by atoms with Gasteiger partial charge in [0.05, 0.1) is 0 Å². The number of rotatable bonds is 6. The van der Waals surface area contributed by atoms with Gasteiger partial charge >= 0.3 is 0 Å². The van der Waals surface area contributed by atoms with Crippen LogP contribution < -0.4 is 15.6 Å². The summed E-state index contributed by atoms with van der Waals surface area (Å²) < 4.78 is 48.6. The Morgan fingerprint density at radius 1 is 1.32 bits per heavy atom. The van der Waals surface area contributed by atoms with Gasteiger partial charge in [0, 0.05) is 58.3 Å². The molecule has 2 atom stereocenters. The molecule has 2 fully saturated rings. The Bertz CT molecular complexity index is 1310. The largest absolute Gasteiger partial charge is 0.760 e. The standard InChI is InChI=1S/C23H28N4O3S/c1-27-14-19(17-5-9-25-21(17)22(27)28)18-12-15(4-10-26-31(29)30)2-3-16(18)20-13-23(6-7-23)8-11-24-20/h2-3,5,9,12,14,20,24-26H,4,6-8,10-11,13H2,1H3,(H,29,30)/p-1/i1D3. The predicted octanol–water partition coefficient (Wildman–Crippen LogP) is 2.66. The molecule has 1 aliphatic heterocycles. The predicted molar refractivity (Wildman–Crippen MR) is 121 cm³/mol. The number of aromatic amines is 1. The molecular weight excluding hydrogens is 412 g/mol. The molecule has 2 aromatic heterocycles. The van der Waals surface area contributed by atoms with Crippen molar-refractivity contribution >= 4 is 22.2 Å². The maximum Gasteiger partial charge on any atom is 0.274 e. The van der Waals surface area contributed by atoms with Crippen LogP contribution in [-0.2, 0) is 24.7 Å². The Balaban J connectivity index is 1.66. The lowest BCUT2D eigenvalue weighted by atomic mass is 9.82. The summed E-state index contributed by atoms with van der Waals surface area (Å²) in [5, 5.41) is 4.30. The van der Waals surface area contributed by atoms with Crippen LogP contribution in [0.4, 0.5) is 0 Å². The van der Waals surface area contributed by atoms with Crippen molar-refractivity contribution in [2.75, 3.05) is 13.1 Å². The van der Waals surface area contributed by atoms with Gasteiger partial charge in [-0.25, -0.2) is 4.72 Å². The number of aromatic nitrogens is 2. The summed E-state index contributed by atoms with van der Waals surface area (Å²) in [7, 11) is 0. The van der Waals surface area contributed by atoms with Gasteiger partial charge in [-0.1, -0.05) is 18.2 Å². The van der Waals surface area contributed by atoms with Gasteiger partial charge in [-0.2, -0.15) is 0 Å². The second-order valence-electron chi connectivity index (χ2n) is 8.75. The maximum absolute atomic E-state index is 12.9. The van der Waals surface area contributed by atoms with Gasteiger partial charge in [-0.15, -0.1) is 0 Å². The zero-order valence-corrected chi connectivity index (χ0v) is 17.9. The van der Waals surface area contributed by atoms with Crippen molar-refractivity contribution in [2.24, 2.45) is 12.4 Å². The van der Waals surface area contributed by atoms with Crippen LogP contribution >= 0.6 is 0 Å². The van der Waals surface area contributed by atoms with E-state index in [4.69, 9.17) is 4.11 Å². The van der Waals surface area contributed by atoms with E-state index in [0.717, 1.165) is 34.2 Å². The van der Waals surface area contributed by atoms with Crippen LogP contribution in [0.15, 0.2) is 41.5 Å². The first-order valence-corrected chi connectivity index (χ1v) is 11.7. The zero-order chi connectivity index (χ0) is 24.1. The second-order valence-corrected chi connectivity index (χ2v) is 9.50. The van der Waals surface area contributed by atoms with Gasteiger partial charge in [-0.3, -0.25) is 9.00 Å². The highest BCUT2D eigenvalue weighted by Crippen LogP contribution is 2.56. The number of benzene rings is 1. The molecule has 1 aliphatic carbocycles. The molecule has 31 heavy (non-hydrogen) atoms. The van der Waals surface area contributed by atoms with Crippen LogP contribution in [0.5, 0.6) is 0 Å². The number of nitrogens with one attached hydrogen (secondary N) is 3. The van der Waals surface area contributed by atoms with Crippen LogP contribution in [0, 0.1) is 5.41 Å². The molecule has 0 bridgehead atoms. The summed E-state index contributed by atoms with van der Waals surface area (Å²) in [6.07, 6.45) is 8.24. The summed E-state index contributed by atoms with van der Waals surface area (Å²) in [5.74, 6) is 0. The van der Waals surface area contributed by atoms with Gasteiger partial charge in [0.25, 0.3) is 5.56 Å². The number of fused-ring (bicyclic) bond motifs is 1. The van der Waals surface area contributed by atoms with E-state index in [1.165, 1.54) is 25.5 Å². The molecule has 3 heterocycles. The van der Waals surface area contributed by atoms with E-state index in [-0.39, 0.29) is 18.1 Å². The minimum atomic E-state index is -2.62. The Kier molecular flexibility index (Phi) is 4.48. The lowest BCUT2D eigenvalue weighted by Crippen LogP contribution is -2.33. The summed E-state index contributed by atoms with van der Waals surface area (Å²) in [4.78, 5) is 15.8. The van der Waals surface area contributed by atoms with Crippen LogP contribution in [0.1, 0.15) is 47.0 Å². The normalized spacial score (nSPS) is 22.7. The third-order valence-corrected chi connectivity index (χ3v) is 7.23. The summed E-state index contributed by atoms with van der Waals surface area (Å²) >= 11 is -2.33. The molecule has 3 aromatic rings. The number of piperidine rings is 1. The smallest absolute Gasteiger partial charge is 0.274 e. The molecule has 2 aliphatic rings. The van der Waals surface area contributed by atoms with Crippen LogP contribution in [-0.4, -0.2) is 31.4 Å². The van der Waals surface area contributed by atoms with E-state index >= 15 is 0 Å². The molecule has 8 heteroatoms. The van der Waals surface area contributed by atoms with E-state index in [2.05, 4.69) is 21.1 Å². The van der Waals surface area contributed by atoms with Crippen LogP contribution in [0.25, 0.3) is 22.0 Å². The topological polar surface area (TPSA) is 102 Å². The Labute approximate surface area is 187 Å². The molecule has 5 rings (SSSR count). The molecule has 164 valence electrons. The van der Waals surface area contributed by atoms with Crippen molar-refractivity contribution in [3.05, 3.63) is 58.1 Å². The lowest BCUT2D eigenvalue weighted by molar-refractivity contribution is 0.286. The van der Waals surface area contributed by atoms with E-state index < -0.39 is 23.8 Å². The number of H-pyrrole nitrogens is 1. The molecule has 0 amide bonds. The molecular formula is C23H27N4O3S-. The number of aryl methyl sites for hydroxylation is 1. The van der Waals surface area contributed by atoms with E-state index in [1.807, 2.05) is 12.1 Å². The lowest BCUT2D eigenvalue weighted by Gasteiger charge is -2.32. The number of nitrogens with zero attached hydrogens (tertiary/aromatic N) is 1. The van der Waals surface area contributed by atoms with Crippen LogP contribution in [0.2, 0.25) is 0 Å². The molecule has 1 saturated heterocycles. The molecule has 0 radical (unpaired) electrons. The fourth-order valence-electron chi connectivity index (χ4n) is 4.91. The minimum Gasteiger partial charge on any atom is -0.760 e. The van der Waals surface area contributed by atoms with Gasteiger partial charge in [0.1, 0.15) is 5.52 Å². The third-order valence-electron chi connectivity index (χ3n) is 6.79. The second kappa shape index (κ2) is 8.02. The van der Waals surface area contributed by atoms with Gasteiger partial charge in [0.15, 0.2) is 0 Å². The van der Waals surface area contributed by atoms with Crippen molar-refractivity contribution in [3.8, 4) is 11.1 Å². The average Bonchev–Trinajstić information content (AvgIpc) is 3.31. The van der Waals surface area contributed by atoms with Gasteiger partial charge in [-0.05, 0) is 66.8 Å². The SMILES string of the molecule is [2H]C([2H])([2H])n1cc(-c2cc(CCNS(=O)[O-])ccc2C2CC3(CCN2)CC3)c2cc[nH]c2c1=O. The first-order chi connectivity index (χ1) is 16.2. The number of pyridine rings is 1. The Morgan fingerprint density at radius 2 is 2.19 bits per heavy atom. The average molecular weight is 443 g/mol. The summed E-state index contributed by atoms with van der Waals surface area (Å²) in [6.45, 7) is -1.43. The number of hydrogen-bond acceptors (Lipinski definition) is 4. The highest BCUT2D eigenvalue weighted by Gasteiger charge is 2.46. The van der Waals surface area contributed by atoms with E-state index in [1.54, 1.807) is 12.3 Å². The third kappa shape index (κ3) is 4.01. The van der Waals surface area contributed by atoms with Crippen molar-refractivity contribution in [3.63, 3.8) is 0 Å². The first kappa shape index (κ1) is 17.3.